The van der Waals surface area contributed by atoms with E-state index in [1.807, 2.05) is 16.7 Å². The monoisotopic (exact) mass is 427 g/mol. The number of anilines is 1. The van der Waals surface area contributed by atoms with Crippen molar-refractivity contribution >= 4 is 23.4 Å². The van der Waals surface area contributed by atoms with Crippen molar-refractivity contribution in [3.05, 3.63) is 54.5 Å². The van der Waals surface area contributed by atoms with Crippen LogP contribution in [0.4, 0.5) is 5.69 Å². The average molecular weight is 428 g/mol. The third-order valence-corrected chi connectivity index (χ3v) is 5.20. The predicted octanol–water partition coefficient (Wildman–Crippen LogP) is 3.54. The van der Waals surface area contributed by atoms with Gasteiger partial charge in [0.2, 0.25) is 11.8 Å². The molecule has 1 amide bonds. The number of rotatable bonds is 10. The lowest BCUT2D eigenvalue weighted by Gasteiger charge is -2.11. The van der Waals surface area contributed by atoms with Crippen molar-refractivity contribution in [3.63, 3.8) is 0 Å². The van der Waals surface area contributed by atoms with E-state index in [-0.39, 0.29) is 11.7 Å². The largest absolute Gasteiger partial charge is 0.474 e. The first-order chi connectivity index (χ1) is 14.6. The summed E-state index contributed by atoms with van der Waals surface area (Å²) in [5.41, 5.74) is 2.73. The molecule has 2 heterocycles. The Balaban J connectivity index is 1.61. The fraction of sp³-hybridized carbons (Fsp3) is 0.333. The molecule has 0 atom stereocenters. The van der Waals surface area contributed by atoms with E-state index in [1.165, 1.54) is 17.3 Å². The summed E-state index contributed by atoms with van der Waals surface area (Å²) in [4.78, 5) is 16.6. The molecule has 0 fully saturated rings. The quantitative estimate of drug-likeness (QED) is 0.391. The molecule has 8 nitrogen and oxygen atoms in total. The molecule has 0 saturated carbocycles. The molecular formula is C21H25N5O3S. The molecule has 2 aromatic heterocycles. The Labute approximate surface area is 180 Å². The van der Waals surface area contributed by atoms with Gasteiger partial charge in [-0.1, -0.05) is 37.7 Å². The van der Waals surface area contributed by atoms with E-state index < -0.39 is 0 Å². The second kappa shape index (κ2) is 10.7. The van der Waals surface area contributed by atoms with E-state index in [4.69, 9.17) is 9.47 Å². The summed E-state index contributed by atoms with van der Waals surface area (Å²) in [6, 6.07) is 11.7. The van der Waals surface area contributed by atoms with Crippen molar-refractivity contribution in [1.29, 1.82) is 0 Å². The highest BCUT2D eigenvalue weighted by atomic mass is 32.2. The lowest BCUT2D eigenvalue weighted by Crippen LogP contribution is -2.16. The zero-order valence-corrected chi connectivity index (χ0v) is 18.1. The minimum atomic E-state index is -0.186. The molecule has 0 radical (unpaired) electrons. The molecule has 3 aromatic rings. The third-order valence-electron chi connectivity index (χ3n) is 4.26. The number of methoxy groups -OCH3 is 1. The third kappa shape index (κ3) is 5.80. The number of carbonyl (C=O) groups excluding carboxylic acids is 1. The van der Waals surface area contributed by atoms with Gasteiger partial charge in [-0.05, 0) is 35.7 Å². The summed E-state index contributed by atoms with van der Waals surface area (Å²) < 4.78 is 12.4. The molecule has 158 valence electrons. The second-order valence-electron chi connectivity index (χ2n) is 6.76. The topological polar surface area (TPSA) is 91.2 Å². The van der Waals surface area contributed by atoms with Gasteiger partial charge in [-0.2, -0.15) is 0 Å². The number of hydrogen-bond donors (Lipinski definition) is 1. The van der Waals surface area contributed by atoms with Gasteiger partial charge in [0.1, 0.15) is 18.6 Å². The van der Waals surface area contributed by atoms with Gasteiger partial charge in [-0.3, -0.25) is 9.36 Å². The van der Waals surface area contributed by atoms with Crippen molar-refractivity contribution in [1.82, 2.24) is 19.7 Å². The summed E-state index contributed by atoms with van der Waals surface area (Å²) in [5.74, 6) is 0.818. The maximum absolute atomic E-state index is 12.5. The van der Waals surface area contributed by atoms with Gasteiger partial charge in [-0.15, -0.1) is 10.2 Å². The van der Waals surface area contributed by atoms with Gasteiger partial charge in [0.05, 0.1) is 12.4 Å². The maximum atomic E-state index is 12.5. The van der Waals surface area contributed by atoms with Gasteiger partial charge >= 0.3 is 0 Å². The van der Waals surface area contributed by atoms with E-state index in [0.29, 0.717) is 35.9 Å². The van der Waals surface area contributed by atoms with Crippen LogP contribution in [0.25, 0.3) is 5.69 Å². The first-order valence-corrected chi connectivity index (χ1v) is 10.6. The first kappa shape index (κ1) is 21.8. The van der Waals surface area contributed by atoms with Crippen LogP contribution < -0.4 is 10.1 Å². The average Bonchev–Trinajstić information content (AvgIpc) is 3.22. The van der Waals surface area contributed by atoms with Crippen molar-refractivity contribution in [2.24, 2.45) is 0 Å². The Hall–Kier alpha value is -2.91. The number of nitrogens with zero attached hydrogens (tertiary/aromatic N) is 4. The van der Waals surface area contributed by atoms with Gasteiger partial charge in [0.15, 0.2) is 5.16 Å². The number of ether oxygens (including phenoxy) is 2. The van der Waals surface area contributed by atoms with Crippen molar-refractivity contribution in [2.75, 3.05) is 31.4 Å². The van der Waals surface area contributed by atoms with Crippen LogP contribution in [0.3, 0.4) is 0 Å². The zero-order chi connectivity index (χ0) is 21.3. The van der Waals surface area contributed by atoms with Crippen molar-refractivity contribution in [3.8, 4) is 11.6 Å². The molecule has 9 heteroatoms. The molecule has 1 N–H and O–H groups in total. The molecule has 0 unspecified atom stereocenters. The number of pyridine rings is 1. The lowest BCUT2D eigenvalue weighted by molar-refractivity contribution is -0.113. The Morgan fingerprint density at radius 3 is 2.73 bits per heavy atom. The Morgan fingerprint density at radius 1 is 1.20 bits per heavy atom. The predicted molar refractivity (Wildman–Crippen MR) is 116 cm³/mol. The highest BCUT2D eigenvalue weighted by Gasteiger charge is 2.13. The standard InChI is InChI=1S/C21H25N5O3S/c1-15(2)16-6-8-17(9-7-16)26-14-23-25-21(26)30-13-19(27)24-18-5-4-10-22-20(18)29-12-11-28-3/h4-10,14-15H,11-13H2,1-3H3,(H,24,27). The van der Waals surface area contributed by atoms with Crippen LogP contribution in [-0.4, -0.2) is 51.7 Å². The number of thioether (sulfide) groups is 1. The van der Waals surface area contributed by atoms with Gasteiger partial charge in [-0.25, -0.2) is 4.98 Å². The van der Waals surface area contributed by atoms with Crippen LogP contribution >= 0.6 is 11.8 Å². The number of carbonyl (C=O) groups is 1. The molecule has 0 aliphatic carbocycles. The van der Waals surface area contributed by atoms with Gasteiger partial charge in [0.25, 0.3) is 0 Å². The van der Waals surface area contributed by atoms with E-state index in [0.717, 1.165) is 5.69 Å². The number of benzene rings is 1. The first-order valence-electron chi connectivity index (χ1n) is 9.58. The minimum absolute atomic E-state index is 0.176. The zero-order valence-electron chi connectivity index (χ0n) is 17.2. The van der Waals surface area contributed by atoms with E-state index in [1.54, 1.807) is 31.8 Å². The Morgan fingerprint density at radius 2 is 2.00 bits per heavy atom. The molecule has 0 spiro atoms. The van der Waals surface area contributed by atoms with Crippen molar-refractivity contribution < 1.29 is 14.3 Å². The number of nitrogens with one attached hydrogen (secondary N) is 1. The summed E-state index contributed by atoms with van der Waals surface area (Å²) in [5, 5.41) is 11.6. The normalized spacial score (nSPS) is 10.9. The fourth-order valence-electron chi connectivity index (χ4n) is 2.66. The van der Waals surface area contributed by atoms with Gasteiger partial charge < -0.3 is 14.8 Å². The molecular weight excluding hydrogens is 402 g/mol. The summed E-state index contributed by atoms with van der Waals surface area (Å²) in [6.07, 6.45) is 3.26. The molecule has 30 heavy (non-hydrogen) atoms. The molecule has 0 bridgehead atoms. The second-order valence-corrected chi connectivity index (χ2v) is 7.71. The molecule has 1 aromatic carbocycles. The van der Waals surface area contributed by atoms with Crippen LogP contribution in [0.15, 0.2) is 54.1 Å². The molecule has 0 aliphatic heterocycles. The van der Waals surface area contributed by atoms with Crippen LogP contribution in [0.2, 0.25) is 0 Å². The van der Waals surface area contributed by atoms with Crippen LogP contribution in [0.5, 0.6) is 5.88 Å². The molecule has 0 saturated heterocycles. The molecule has 3 rings (SSSR count). The number of aromatic nitrogens is 4. The highest BCUT2D eigenvalue weighted by Crippen LogP contribution is 2.24. The summed E-state index contributed by atoms with van der Waals surface area (Å²) in [7, 11) is 1.60. The Bertz CT molecular complexity index is 959. The van der Waals surface area contributed by atoms with Crippen molar-refractivity contribution in [2.45, 2.75) is 24.9 Å². The lowest BCUT2D eigenvalue weighted by atomic mass is 10.0. The van der Waals surface area contributed by atoms with E-state index in [9.17, 15) is 4.79 Å². The SMILES string of the molecule is COCCOc1ncccc1NC(=O)CSc1nncn1-c1ccc(C(C)C)cc1. The van der Waals surface area contributed by atoms with Crippen LogP contribution in [0, 0.1) is 0 Å². The number of hydrogen-bond acceptors (Lipinski definition) is 7. The minimum Gasteiger partial charge on any atom is -0.474 e. The smallest absolute Gasteiger partial charge is 0.237 e. The van der Waals surface area contributed by atoms with Crippen LogP contribution in [0.1, 0.15) is 25.3 Å². The van der Waals surface area contributed by atoms with Gasteiger partial charge in [0, 0.05) is 19.0 Å². The molecule has 0 aliphatic rings. The fourth-order valence-corrected chi connectivity index (χ4v) is 3.39. The Kier molecular flexibility index (Phi) is 7.81. The van der Waals surface area contributed by atoms with E-state index >= 15 is 0 Å². The summed E-state index contributed by atoms with van der Waals surface area (Å²) in [6.45, 7) is 5.10. The summed E-state index contributed by atoms with van der Waals surface area (Å²) >= 11 is 1.31. The highest BCUT2D eigenvalue weighted by molar-refractivity contribution is 7.99. The van der Waals surface area contributed by atoms with Crippen LogP contribution in [-0.2, 0) is 9.53 Å². The van der Waals surface area contributed by atoms with E-state index in [2.05, 4.69) is 46.5 Å². The number of amides is 1. The maximum Gasteiger partial charge on any atom is 0.237 e.